The van der Waals surface area contributed by atoms with Crippen molar-refractivity contribution in [3.05, 3.63) is 0 Å². The lowest BCUT2D eigenvalue weighted by Gasteiger charge is -2.31. The molecule has 0 aromatic rings. The Labute approximate surface area is 95.4 Å². The van der Waals surface area contributed by atoms with Crippen LogP contribution in [0.1, 0.15) is 52.9 Å². The van der Waals surface area contributed by atoms with E-state index in [0.29, 0.717) is 0 Å². The van der Waals surface area contributed by atoms with Gasteiger partial charge in [0.05, 0.1) is 0 Å². The van der Waals surface area contributed by atoms with Gasteiger partial charge in [-0.15, -0.1) is 0 Å². The Morgan fingerprint density at radius 1 is 1.20 bits per heavy atom. The molecule has 90 valence electrons. The van der Waals surface area contributed by atoms with Crippen molar-refractivity contribution >= 4 is 0 Å². The van der Waals surface area contributed by atoms with E-state index < -0.39 is 0 Å². The summed E-state index contributed by atoms with van der Waals surface area (Å²) >= 11 is 0. The van der Waals surface area contributed by atoms with Gasteiger partial charge in [0.1, 0.15) is 0 Å². The van der Waals surface area contributed by atoms with Crippen molar-refractivity contribution in [2.24, 2.45) is 0 Å². The third-order valence-corrected chi connectivity index (χ3v) is 3.28. The number of hydrogen-bond acceptors (Lipinski definition) is 2. The average molecular weight is 212 g/mol. The minimum atomic E-state index is 0.777. The molecule has 0 heterocycles. The van der Waals surface area contributed by atoms with Crippen LogP contribution in [0.2, 0.25) is 0 Å². The number of nitrogens with zero attached hydrogens (tertiary/aromatic N) is 1. The molecule has 0 bridgehead atoms. The van der Waals surface area contributed by atoms with Crippen LogP contribution in [0.25, 0.3) is 0 Å². The molecule has 0 saturated heterocycles. The lowest BCUT2D eigenvalue weighted by molar-refractivity contribution is 0.181. The zero-order chi connectivity index (χ0) is 11.1. The molecule has 1 aliphatic carbocycles. The van der Waals surface area contributed by atoms with Crippen molar-refractivity contribution in [2.45, 2.75) is 65.0 Å². The van der Waals surface area contributed by atoms with Crippen LogP contribution >= 0.6 is 0 Å². The topological polar surface area (TPSA) is 15.3 Å². The van der Waals surface area contributed by atoms with Crippen molar-refractivity contribution in [3.8, 4) is 0 Å². The van der Waals surface area contributed by atoms with E-state index in [2.05, 4.69) is 31.0 Å². The van der Waals surface area contributed by atoms with Crippen molar-refractivity contribution in [3.63, 3.8) is 0 Å². The second-order valence-electron chi connectivity index (χ2n) is 4.71. The molecule has 1 saturated carbocycles. The third kappa shape index (κ3) is 4.52. The molecule has 0 aliphatic heterocycles. The SMILES string of the molecule is CCCNCC(CCC)N(CC)C1CC1. The van der Waals surface area contributed by atoms with Gasteiger partial charge in [-0.05, 0) is 38.8 Å². The zero-order valence-electron chi connectivity index (χ0n) is 10.8. The van der Waals surface area contributed by atoms with Gasteiger partial charge in [-0.2, -0.15) is 0 Å². The predicted octanol–water partition coefficient (Wildman–Crippen LogP) is 2.64. The summed E-state index contributed by atoms with van der Waals surface area (Å²) in [5.74, 6) is 0. The van der Waals surface area contributed by atoms with E-state index in [1.807, 2.05) is 0 Å². The van der Waals surface area contributed by atoms with E-state index in [4.69, 9.17) is 0 Å². The largest absolute Gasteiger partial charge is 0.315 e. The van der Waals surface area contributed by atoms with Gasteiger partial charge >= 0.3 is 0 Å². The van der Waals surface area contributed by atoms with Crippen LogP contribution in [0.15, 0.2) is 0 Å². The second kappa shape index (κ2) is 7.24. The molecule has 0 spiro atoms. The molecule has 1 rings (SSSR count). The first kappa shape index (κ1) is 13.0. The molecule has 2 nitrogen and oxygen atoms in total. The molecule has 15 heavy (non-hydrogen) atoms. The number of likely N-dealkylation sites (N-methyl/N-ethyl adjacent to an activating group) is 1. The first-order valence-electron chi connectivity index (χ1n) is 6.79. The van der Waals surface area contributed by atoms with Gasteiger partial charge < -0.3 is 5.32 Å². The third-order valence-electron chi connectivity index (χ3n) is 3.28. The van der Waals surface area contributed by atoms with Gasteiger partial charge in [-0.1, -0.05) is 27.2 Å². The minimum absolute atomic E-state index is 0.777. The molecule has 0 radical (unpaired) electrons. The van der Waals surface area contributed by atoms with Gasteiger partial charge in [0.15, 0.2) is 0 Å². The van der Waals surface area contributed by atoms with Crippen molar-refractivity contribution in [2.75, 3.05) is 19.6 Å². The summed E-state index contributed by atoms with van der Waals surface area (Å²) in [5.41, 5.74) is 0. The van der Waals surface area contributed by atoms with Crippen LogP contribution in [0.5, 0.6) is 0 Å². The summed E-state index contributed by atoms with van der Waals surface area (Å²) in [6.45, 7) is 10.4. The van der Waals surface area contributed by atoms with Crippen molar-refractivity contribution < 1.29 is 0 Å². The van der Waals surface area contributed by atoms with Crippen molar-refractivity contribution in [1.82, 2.24) is 10.2 Å². The lowest BCUT2D eigenvalue weighted by atomic mass is 10.1. The highest BCUT2D eigenvalue weighted by Gasteiger charge is 2.31. The number of nitrogens with one attached hydrogen (secondary N) is 1. The van der Waals surface area contributed by atoms with E-state index in [0.717, 1.165) is 12.1 Å². The fourth-order valence-corrected chi connectivity index (χ4v) is 2.38. The fraction of sp³-hybridized carbons (Fsp3) is 1.00. The van der Waals surface area contributed by atoms with Gasteiger partial charge in [-0.3, -0.25) is 4.90 Å². The molecular weight excluding hydrogens is 184 g/mol. The average Bonchev–Trinajstić information content (AvgIpc) is 3.03. The maximum Gasteiger partial charge on any atom is 0.0223 e. The highest BCUT2D eigenvalue weighted by Crippen LogP contribution is 2.29. The normalized spacial score (nSPS) is 18.4. The Morgan fingerprint density at radius 2 is 1.93 bits per heavy atom. The summed E-state index contributed by atoms with van der Waals surface area (Å²) in [6.07, 6.45) is 6.76. The van der Waals surface area contributed by atoms with Crippen molar-refractivity contribution in [1.29, 1.82) is 0 Å². The van der Waals surface area contributed by atoms with Crippen LogP contribution in [-0.4, -0.2) is 36.6 Å². The number of rotatable bonds is 9. The standard InChI is InChI=1S/C13H28N2/c1-4-7-13(11-14-10-5-2)15(6-3)12-8-9-12/h12-14H,4-11H2,1-3H3. The molecule has 0 aromatic heterocycles. The van der Waals surface area contributed by atoms with E-state index in [1.165, 1.54) is 51.7 Å². The molecule has 0 amide bonds. The van der Waals surface area contributed by atoms with Gasteiger partial charge in [0.25, 0.3) is 0 Å². The molecule has 1 unspecified atom stereocenters. The Morgan fingerprint density at radius 3 is 2.40 bits per heavy atom. The summed E-state index contributed by atoms with van der Waals surface area (Å²) in [5, 5.41) is 3.58. The van der Waals surface area contributed by atoms with E-state index in [1.54, 1.807) is 0 Å². The monoisotopic (exact) mass is 212 g/mol. The maximum absolute atomic E-state index is 3.58. The van der Waals surface area contributed by atoms with Crippen LogP contribution < -0.4 is 5.32 Å². The highest BCUT2D eigenvalue weighted by molar-refractivity contribution is 4.88. The number of hydrogen-bond donors (Lipinski definition) is 1. The van der Waals surface area contributed by atoms with Gasteiger partial charge in [0.2, 0.25) is 0 Å². The molecule has 1 atom stereocenters. The highest BCUT2D eigenvalue weighted by atomic mass is 15.2. The lowest BCUT2D eigenvalue weighted by Crippen LogP contribution is -2.43. The summed E-state index contributed by atoms with van der Waals surface area (Å²) in [4.78, 5) is 2.71. The molecule has 0 aromatic carbocycles. The minimum Gasteiger partial charge on any atom is -0.315 e. The summed E-state index contributed by atoms with van der Waals surface area (Å²) in [7, 11) is 0. The van der Waals surface area contributed by atoms with E-state index >= 15 is 0 Å². The van der Waals surface area contributed by atoms with Crippen LogP contribution in [0.4, 0.5) is 0 Å². The Balaban J connectivity index is 2.32. The molecular formula is C13H28N2. The molecule has 1 N–H and O–H groups in total. The Kier molecular flexibility index (Phi) is 6.26. The second-order valence-corrected chi connectivity index (χ2v) is 4.71. The smallest absolute Gasteiger partial charge is 0.0223 e. The van der Waals surface area contributed by atoms with Crippen LogP contribution in [0, 0.1) is 0 Å². The Bertz CT molecular complexity index is 155. The van der Waals surface area contributed by atoms with E-state index in [-0.39, 0.29) is 0 Å². The maximum atomic E-state index is 3.58. The Hall–Kier alpha value is -0.0800. The fourth-order valence-electron chi connectivity index (χ4n) is 2.38. The van der Waals surface area contributed by atoms with Gasteiger partial charge in [0, 0.05) is 18.6 Å². The molecule has 1 aliphatic rings. The van der Waals surface area contributed by atoms with Gasteiger partial charge in [-0.25, -0.2) is 0 Å². The predicted molar refractivity (Wildman–Crippen MR) is 67.3 cm³/mol. The quantitative estimate of drug-likeness (QED) is 0.591. The van der Waals surface area contributed by atoms with Crippen LogP contribution in [0.3, 0.4) is 0 Å². The van der Waals surface area contributed by atoms with Crippen LogP contribution in [-0.2, 0) is 0 Å². The van der Waals surface area contributed by atoms with E-state index in [9.17, 15) is 0 Å². The first-order valence-corrected chi connectivity index (χ1v) is 6.79. The summed E-state index contributed by atoms with van der Waals surface area (Å²) < 4.78 is 0. The molecule has 2 heteroatoms. The summed E-state index contributed by atoms with van der Waals surface area (Å²) in [6, 6.07) is 1.69. The molecule has 1 fully saturated rings. The first-order chi connectivity index (χ1) is 7.33. The zero-order valence-corrected chi connectivity index (χ0v) is 10.8.